The summed E-state index contributed by atoms with van der Waals surface area (Å²) in [7, 11) is 1.53. The van der Waals surface area contributed by atoms with Gasteiger partial charge in [0.15, 0.2) is 0 Å². The second-order valence-electron chi connectivity index (χ2n) is 4.59. The molecule has 0 atom stereocenters. The first-order chi connectivity index (χ1) is 8.51. The monoisotopic (exact) mass is 258 g/mol. The number of carbonyl (C=O) groups is 2. The van der Waals surface area contributed by atoms with Crippen LogP contribution in [-0.2, 0) is 9.59 Å². The zero-order valence-corrected chi connectivity index (χ0v) is 11.8. The summed E-state index contributed by atoms with van der Waals surface area (Å²) in [6.07, 6.45) is 3.45. The molecule has 18 heavy (non-hydrogen) atoms. The molecule has 0 heterocycles. The zero-order valence-electron chi connectivity index (χ0n) is 11.8. The normalized spacial score (nSPS) is 10.7. The van der Waals surface area contributed by atoms with Gasteiger partial charge in [-0.3, -0.25) is 9.59 Å². The van der Waals surface area contributed by atoms with E-state index in [-0.39, 0.29) is 12.5 Å². The smallest absolute Gasteiger partial charge is 0.323 e. The molecule has 1 amide bonds. The quantitative estimate of drug-likeness (QED) is 0.644. The molecule has 0 radical (unpaired) electrons. The number of aliphatic carboxylic acids is 1. The Balaban J connectivity index is 3.86. The summed E-state index contributed by atoms with van der Waals surface area (Å²) in [5.41, 5.74) is 0. The average molecular weight is 258 g/mol. The predicted molar refractivity (Wildman–Crippen MR) is 71.5 cm³/mol. The van der Waals surface area contributed by atoms with Gasteiger partial charge in [-0.2, -0.15) is 0 Å². The van der Waals surface area contributed by atoms with Gasteiger partial charge in [-0.15, -0.1) is 0 Å². The minimum Gasteiger partial charge on any atom is -0.480 e. The van der Waals surface area contributed by atoms with Crippen LogP contribution in [0.15, 0.2) is 0 Å². The number of likely N-dealkylation sites (N-methyl/N-ethyl adjacent to an activating group) is 1. The maximum atomic E-state index is 11.6. The van der Waals surface area contributed by atoms with E-state index < -0.39 is 5.97 Å². The topological polar surface area (TPSA) is 60.9 Å². The largest absolute Gasteiger partial charge is 0.480 e. The minimum absolute atomic E-state index is 0.0923. The minimum atomic E-state index is -0.968. The van der Waals surface area contributed by atoms with Crippen molar-refractivity contribution in [2.75, 3.05) is 33.2 Å². The number of carboxylic acid groups (broad SMARTS) is 1. The van der Waals surface area contributed by atoms with Crippen LogP contribution < -0.4 is 0 Å². The first-order valence-electron chi connectivity index (χ1n) is 6.69. The molecule has 0 saturated carbocycles. The van der Waals surface area contributed by atoms with Crippen molar-refractivity contribution < 1.29 is 14.7 Å². The third-order valence-electron chi connectivity index (χ3n) is 2.74. The summed E-state index contributed by atoms with van der Waals surface area (Å²) >= 11 is 0. The van der Waals surface area contributed by atoms with E-state index in [9.17, 15) is 9.59 Å². The summed E-state index contributed by atoms with van der Waals surface area (Å²) in [6, 6.07) is 0. The van der Waals surface area contributed by atoms with Crippen LogP contribution in [0.2, 0.25) is 0 Å². The van der Waals surface area contributed by atoms with Crippen LogP contribution in [0.25, 0.3) is 0 Å². The van der Waals surface area contributed by atoms with Gasteiger partial charge in [-0.05, 0) is 38.9 Å². The first kappa shape index (κ1) is 16.9. The van der Waals surface area contributed by atoms with Crippen LogP contribution >= 0.6 is 0 Å². The molecular weight excluding hydrogens is 232 g/mol. The molecule has 0 aliphatic carbocycles. The van der Waals surface area contributed by atoms with Crippen molar-refractivity contribution in [1.82, 2.24) is 9.80 Å². The second-order valence-corrected chi connectivity index (χ2v) is 4.59. The van der Waals surface area contributed by atoms with E-state index in [2.05, 4.69) is 18.7 Å². The summed E-state index contributed by atoms with van der Waals surface area (Å²) in [5.74, 6) is -1.06. The molecule has 0 spiro atoms. The fourth-order valence-corrected chi connectivity index (χ4v) is 1.90. The van der Waals surface area contributed by atoms with Gasteiger partial charge in [0.1, 0.15) is 6.54 Å². The fourth-order valence-electron chi connectivity index (χ4n) is 1.90. The van der Waals surface area contributed by atoms with Gasteiger partial charge < -0.3 is 14.9 Å². The molecule has 5 heteroatoms. The van der Waals surface area contributed by atoms with E-state index >= 15 is 0 Å². The number of nitrogens with zero attached hydrogens (tertiary/aromatic N) is 2. The van der Waals surface area contributed by atoms with Crippen molar-refractivity contribution in [2.45, 2.75) is 39.5 Å². The molecule has 0 aromatic heterocycles. The summed E-state index contributed by atoms with van der Waals surface area (Å²) in [4.78, 5) is 25.7. The Hall–Kier alpha value is -1.10. The number of rotatable bonds is 10. The Morgan fingerprint density at radius 2 is 1.61 bits per heavy atom. The molecule has 0 bridgehead atoms. The lowest BCUT2D eigenvalue weighted by molar-refractivity contribution is -0.143. The highest BCUT2D eigenvalue weighted by atomic mass is 16.4. The molecule has 0 fully saturated rings. The number of carbonyl (C=O) groups excluding carboxylic acids is 1. The molecule has 106 valence electrons. The highest BCUT2D eigenvalue weighted by Gasteiger charge is 2.12. The van der Waals surface area contributed by atoms with Crippen molar-refractivity contribution in [3.63, 3.8) is 0 Å². The Morgan fingerprint density at radius 3 is 2.06 bits per heavy atom. The molecule has 1 N–H and O–H groups in total. The Labute approximate surface area is 110 Å². The third-order valence-corrected chi connectivity index (χ3v) is 2.74. The molecular formula is C13H26N2O3. The average Bonchev–Trinajstić information content (AvgIpc) is 2.28. The van der Waals surface area contributed by atoms with Crippen LogP contribution in [0.3, 0.4) is 0 Å². The summed E-state index contributed by atoms with van der Waals surface area (Å²) in [5, 5.41) is 8.58. The maximum Gasteiger partial charge on any atom is 0.323 e. The van der Waals surface area contributed by atoms with Crippen molar-refractivity contribution in [3.05, 3.63) is 0 Å². The van der Waals surface area contributed by atoms with Gasteiger partial charge in [-0.25, -0.2) is 0 Å². The van der Waals surface area contributed by atoms with E-state index in [4.69, 9.17) is 5.11 Å². The molecule has 0 saturated heterocycles. The lowest BCUT2D eigenvalue weighted by atomic mass is 10.2. The molecule has 0 aliphatic rings. The van der Waals surface area contributed by atoms with Crippen molar-refractivity contribution in [3.8, 4) is 0 Å². The van der Waals surface area contributed by atoms with Crippen LogP contribution in [0.5, 0.6) is 0 Å². The molecule has 0 aromatic rings. The van der Waals surface area contributed by atoms with Gasteiger partial charge >= 0.3 is 5.97 Å². The molecule has 5 nitrogen and oxygen atoms in total. The zero-order chi connectivity index (χ0) is 14.0. The molecule has 0 aromatic carbocycles. The van der Waals surface area contributed by atoms with Crippen molar-refractivity contribution >= 4 is 11.9 Å². The maximum absolute atomic E-state index is 11.6. The number of amides is 1. The van der Waals surface area contributed by atoms with Crippen LogP contribution in [0, 0.1) is 0 Å². The second kappa shape index (κ2) is 9.88. The van der Waals surface area contributed by atoms with Gasteiger partial charge in [0.25, 0.3) is 0 Å². The van der Waals surface area contributed by atoms with Crippen molar-refractivity contribution in [2.24, 2.45) is 0 Å². The molecule has 0 unspecified atom stereocenters. The van der Waals surface area contributed by atoms with Gasteiger partial charge in [0, 0.05) is 13.5 Å². The molecule has 0 aliphatic heterocycles. The fraction of sp³-hybridized carbons (Fsp3) is 0.846. The third kappa shape index (κ3) is 8.06. The van der Waals surface area contributed by atoms with Crippen LogP contribution in [-0.4, -0.2) is 60.0 Å². The SMILES string of the molecule is CCCN(CCC)CCCC(=O)N(C)CC(=O)O. The Morgan fingerprint density at radius 1 is 1.06 bits per heavy atom. The van der Waals surface area contributed by atoms with Gasteiger partial charge in [0.2, 0.25) is 5.91 Å². The summed E-state index contributed by atoms with van der Waals surface area (Å²) in [6.45, 7) is 7.11. The number of hydrogen-bond donors (Lipinski definition) is 1. The standard InChI is InChI=1S/C13H26N2O3/c1-4-8-15(9-5-2)10-6-7-12(16)14(3)11-13(17)18/h4-11H2,1-3H3,(H,17,18). The number of hydrogen-bond acceptors (Lipinski definition) is 3. The lowest BCUT2D eigenvalue weighted by Crippen LogP contribution is -2.33. The lowest BCUT2D eigenvalue weighted by Gasteiger charge is -2.21. The van der Waals surface area contributed by atoms with E-state index in [0.717, 1.165) is 38.9 Å². The van der Waals surface area contributed by atoms with Crippen LogP contribution in [0.1, 0.15) is 39.5 Å². The van der Waals surface area contributed by atoms with E-state index in [0.29, 0.717) is 6.42 Å². The van der Waals surface area contributed by atoms with Gasteiger partial charge in [-0.1, -0.05) is 13.8 Å². The Kier molecular flexibility index (Phi) is 9.28. The number of carboxylic acids is 1. The summed E-state index contributed by atoms with van der Waals surface area (Å²) < 4.78 is 0. The highest BCUT2D eigenvalue weighted by Crippen LogP contribution is 2.01. The predicted octanol–water partition coefficient (Wildman–Crippen LogP) is 1.43. The van der Waals surface area contributed by atoms with E-state index in [1.54, 1.807) is 0 Å². The highest BCUT2D eigenvalue weighted by molar-refractivity contribution is 5.80. The van der Waals surface area contributed by atoms with E-state index in [1.807, 2.05) is 0 Å². The van der Waals surface area contributed by atoms with E-state index in [1.165, 1.54) is 11.9 Å². The van der Waals surface area contributed by atoms with Gasteiger partial charge in [0.05, 0.1) is 0 Å². The molecule has 0 rings (SSSR count). The van der Waals surface area contributed by atoms with Crippen LogP contribution in [0.4, 0.5) is 0 Å². The van der Waals surface area contributed by atoms with Crippen molar-refractivity contribution in [1.29, 1.82) is 0 Å². The Bertz CT molecular complexity index is 251. The first-order valence-corrected chi connectivity index (χ1v) is 6.69.